The van der Waals surface area contributed by atoms with E-state index >= 15 is 0 Å². The van der Waals surface area contributed by atoms with Crippen molar-refractivity contribution in [3.05, 3.63) is 35.4 Å². The molecule has 2 amide bonds. The van der Waals surface area contributed by atoms with Crippen LogP contribution in [0.3, 0.4) is 0 Å². The molecule has 3 fully saturated rings. The van der Waals surface area contributed by atoms with Gasteiger partial charge in [-0.2, -0.15) is 0 Å². The van der Waals surface area contributed by atoms with Crippen molar-refractivity contribution in [3.8, 4) is 0 Å². The van der Waals surface area contributed by atoms with Gasteiger partial charge in [0.25, 0.3) is 0 Å². The fourth-order valence-electron chi connectivity index (χ4n) is 5.16. The van der Waals surface area contributed by atoms with Crippen LogP contribution in [0.1, 0.15) is 68.0 Å². The monoisotopic (exact) mass is 385 g/mol. The predicted molar refractivity (Wildman–Crippen MR) is 107 cm³/mol. The molecule has 1 aromatic carbocycles. The molecule has 152 valence electrons. The normalized spacial score (nSPS) is 31.3. The Morgan fingerprint density at radius 1 is 0.964 bits per heavy atom. The number of carbonyl (C=O) groups excluding carboxylic acids is 1. The van der Waals surface area contributed by atoms with E-state index in [2.05, 4.69) is 34.9 Å². The summed E-state index contributed by atoms with van der Waals surface area (Å²) in [6.07, 6.45) is 6.50. The second kappa shape index (κ2) is 8.52. The number of carboxylic acid groups (broad SMARTS) is 1. The van der Waals surface area contributed by atoms with Crippen LogP contribution < -0.4 is 10.6 Å². The van der Waals surface area contributed by atoms with Gasteiger partial charge >= 0.3 is 12.0 Å². The zero-order valence-electron chi connectivity index (χ0n) is 16.4. The number of hydrogen-bond donors (Lipinski definition) is 3. The van der Waals surface area contributed by atoms with Gasteiger partial charge in [-0.1, -0.05) is 24.3 Å². The molecular formula is C22H31N3O3. The minimum Gasteiger partial charge on any atom is -0.481 e. The van der Waals surface area contributed by atoms with Gasteiger partial charge in [0.2, 0.25) is 0 Å². The van der Waals surface area contributed by atoms with Gasteiger partial charge in [0.15, 0.2) is 0 Å². The highest BCUT2D eigenvalue weighted by atomic mass is 16.4. The minimum absolute atomic E-state index is 0.0114. The molecule has 2 heterocycles. The third kappa shape index (κ3) is 4.02. The van der Waals surface area contributed by atoms with E-state index in [1.165, 1.54) is 30.4 Å². The van der Waals surface area contributed by atoms with Gasteiger partial charge in [0.1, 0.15) is 0 Å². The fraction of sp³-hybridized carbons (Fsp3) is 0.636. The van der Waals surface area contributed by atoms with E-state index in [0.717, 1.165) is 25.9 Å². The van der Waals surface area contributed by atoms with Gasteiger partial charge in [-0.15, -0.1) is 0 Å². The van der Waals surface area contributed by atoms with Gasteiger partial charge in [-0.3, -0.25) is 4.79 Å². The lowest BCUT2D eigenvalue weighted by atomic mass is 9.84. The molecule has 4 rings (SSSR count). The molecule has 2 saturated heterocycles. The van der Waals surface area contributed by atoms with E-state index in [-0.39, 0.29) is 24.0 Å². The Hall–Kier alpha value is -2.08. The van der Waals surface area contributed by atoms with E-state index in [1.807, 2.05) is 4.90 Å². The van der Waals surface area contributed by atoms with Crippen molar-refractivity contribution in [3.63, 3.8) is 0 Å². The number of nitrogens with one attached hydrogen (secondary N) is 2. The molecule has 0 bridgehead atoms. The van der Waals surface area contributed by atoms with Gasteiger partial charge < -0.3 is 20.6 Å². The third-order valence-corrected chi connectivity index (χ3v) is 6.82. The maximum absolute atomic E-state index is 12.5. The fourth-order valence-corrected chi connectivity index (χ4v) is 5.16. The zero-order valence-corrected chi connectivity index (χ0v) is 16.4. The van der Waals surface area contributed by atoms with E-state index in [4.69, 9.17) is 0 Å². The molecule has 2 aliphatic heterocycles. The Balaban J connectivity index is 1.45. The first-order chi connectivity index (χ1) is 13.6. The largest absolute Gasteiger partial charge is 0.481 e. The van der Waals surface area contributed by atoms with Crippen LogP contribution in [-0.4, -0.2) is 47.7 Å². The molecule has 0 radical (unpaired) electrons. The summed E-state index contributed by atoms with van der Waals surface area (Å²) < 4.78 is 0. The average molecular weight is 386 g/mol. The Kier molecular flexibility index (Phi) is 5.85. The topological polar surface area (TPSA) is 81.7 Å². The van der Waals surface area contributed by atoms with Crippen molar-refractivity contribution in [2.24, 2.45) is 5.92 Å². The van der Waals surface area contributed by atoms with Gasteiger partial charge in [-0.25, -0.2) is 4.79 Å². The van der Waals surface area contributed by atoms with E-state index < -0.39 is 5.97 Å². The molecule has 28 heavy (non-hydrogen) atoms. The van der Waals surface area contributed by atoms with Crippen LogP contribution in [0.4, 0.5) is 4.79 Å². The Morgan fingerprint density at radius 2 is 1.68 bits per heavy atom. The third-order valence-electron chi connectivity index (χ3n) is 6.82. The van der Waals surface area contributed by atoms with Crippen molar-refractivity contribution in [1.82, 2.24) is 15.5 Å². The van der Waals surface area contributed by atoms with E-state index in [1.54, 1.807) is 0 Å². The first-order valence-electron chi connectivity index (χ1n) is 10.7. The summed E-state index contributed by atoms with van der Waals surface area (Å²) in [7, 11) is 0. The van der Waals surface area contributed by atoms with Crippen LogP contribution in [0.25, 0.3) is 0 Å². The lowest BCUT2D eigenvalue weighted by Gasteiger charge is -2.36. The molecule has 3 N–H and O–H groups in total. The number of carbonyl (C=O) groups is 2. The van der Waals surface area contributed by atoms with Crippen LogP contribution in [-0.2, 0) is 4.79 Å². The van der Waals surface area contributed by atoms with E-state index in [0.29, 0.717) is 25.3 Å². The maximum Gasteiger partial charge on any atom is 0.318 e. The second-order valence-electron chi connectivity index (χ2n) is 8.50. The molecule has 1 saturated carbocycles. The SMILES string of the molecule is O=C(O)C1CCC(N2C(=O)NCC2c2ccc(C3CCCNCC3)cc2)CC1. The smallest absolute Gasteiger partial charge is 0.318 e. The van der Waals surface area contributed by atoms with Crippen molar-refractivity contribution in [2.45, 2.75) is 62.9 Å². The number of amides is 2. The highest BCUT2D eigenvalue weighted by Gasteiger charge is 2.39. The van der Waals surface area contributed by atoms with Crippen molar-refractivity contribution >= 4 is 12.0 Å². The molecule has 2 atom stereocenters. The van der Waals surface area contributed by atoms with Crippen molar-refractivity contribution < 1.29 is 14.7 Å². The lowest BCUT2D eigenvalue weighted by molar-refractivity contribution is -0.143. The molecule has 0 spiro atoms. The standard InChI is InChI=1S/C22H31N3O3/c26-21(27)18-7-9-19(10-8-18)25-20(14-24-22(25)28)17-5-3-16(4-6-17)15-2-1-12-23-13-11-15/h3-6,15,18-20,23H,1-2,7-14H2,(H,24,28)(H,26,27). The average Bonchev–Trinajstić information content (AvgIpc) is 2.92. The Labute approximate surface area is 166 Å². The molecule has 0 aromatic heterocycles. The highest BCUT2D eigenvalue weighted by Crippen LogP contribution is 2.36. The summed E-state index contributed by atoms with van der Waals surface area (Å²) in [4.78, 5) is 25.7. The van der Waals surface area contributed by atoms with Crippen LogP contribution in [0.2, 0.25) is 0 Å². The van der Waals surface area contributed by atoms with Gasteiger partial charge in [0, 0.05) is 12.6 Å². The van der Waals surface area contributed by atoms with E-state index in [9.17, 15) is 14.7 Å². The number of nitrogens with zero attached hydrogens (tertiary/aromatic N) is 1. The summed E-state index contributed by atoms with van der Waals surface area (Å²) in [6, 6.07) is 9.03. The van der Waals surface area contributed by atoms with Crippen LogP contribution in [0, 0.1) is 5.92 Å². The number of urea groups is 1. The highest BCUT2D eigenvalue weighted by molar-refractivity contribution is 5.78. The molecule has 1 aliphatic carbocycles. The quantitative estimate of drug-likeness (QED) is 0.743. The number of hydrogen-bond acceptors (Lipinski definition) is 3. The Bertz CT molecular complexity index is 689. The first kappa shape index (κ1) is 19.2. The van der Waals surface area contributed by atoms with Gasteiger partial charge in [0.05, 0.1) is 12.0 Å². The lowest BCUT2D eigenvalue weighted by Crippen LogP contribution is -2.42. The van der Waals surface area contributed by atoms with Crippen molar-refractivity contribution in [2.75, 3.05) is 19.6 Å². The molecule has 3 aliphatic rings. The molecule has 2 unspecified atom stereocenters. The number of benzene rings is 1. The first-order valence-corrected chi connectivity index (χ1v) is 10.7. The maximum atomic E-state index is 12.5. The van der Waals surface area contributed by atoms with Crippen molar-refractivity contribution in [1.29, 1.82) is 0 Å². The number of aliphatic carboxylic acids is 1. The summed E-state index contributed by atoms with van der Waals surface area (Å²) in [5.41, 5.74) is 2.58. The predicted octanol–water partition coefficient (Wildman–Crippen LogP) is 3.25. The summed E-state index contributed by atoms with van der Waals surface area (Å²) in [5.74, 6) is -0.339. The van der Waals surface area contributed by atoms with Crippen LogP contribution in [0.5, 0.6) is 0 Å². The summed E-state index contributed by atoms with van der Waals surface area (Å²) >= 11 is 0. The Morgan fingerprint density at radius 3 is 2.39 bits per heavy atom. The molecule has 6 nitrogen and oxygen atoms in total. The molecule has 1 aromatic rings. The number of carboxylic acids is 1. The van der Waals surface area contributed by atoms with Gasteiger partial charge in [-0.05, 0) is 75.1 Å². The summed E-state index contributed by atoms with van der Waals surface area (Å²) in [6.45, 7) is 2.83. The van der Waals surface area contributed by atoms with Crippen LogP contribution in [0.15, 0.2) is 24.3 Å². The molecule has 6 heteroatoms. The van der Waals surface area contributed by atoms with Crippen LogP contribution >= 0.6 is 0 Å². The summed E-state index contributed by atoms with van der Waals surface area (Å²) in [5, 5.41) is 15.7. The number of rotatable bonds is 4. The second-order valence-corrected chi connectivity index (χ2v) is 8.50. The minimum atomic E-state index is -0.704. The zero-order chi connectivity index (χ0) is 19.5. The molecular weight excluding hydrogens is 354 g/mol.